The first-order chi connectivity index (χ1) is 7.81. The van der Waals surface area contributed by atoms with E-state index in [4.69, 9.17) is 14.9 Å². The molecule has 1 unspecified atom stereocenters. The van der Waals surface area contributed by atoms with Gasteiger partial charge in [0, 0.05) is 6.54 Å². The summed E-state index contributed by atoms with van der Waals surface area (Å²) >= 11 is 0. The van der Waals surface area contributed by atoms with Crippen LogP contribution in [0.15, 0.2) is 47.1 Å². The van der Waals surface area contributed by atoms with Crippen molar-refractivity contribution in [2.24, 2.45) is 5.73 Å². The maximum Gasteiger partial charge on any atom is 0.168 e. The number of ether oxygens (including phenoxy) is 1. The lowest BCUT2D eigenvalue weighted by atomic mass is 10.2. The lowest BCUT2D eigenvalue weighted by Gasteiger charge is -2.15. The molecule has 0 saturated heterocycles. The van der Waals surface area contributed by atoms with Crippen LogP contribution < -0.4 is 10.5 Å². The van der Waals surface area contributed by atoms with E-state index in [1.165, 1.54) is 12.3 Å². The van der Waals surface area contributed by atoms with Crippen molar-refractivity contribution in [2.45, 2.75) is 6.10 Å². The first kappa shape index (κ1) is 10.7. The molecule has 2 N–H and O–H groups in total. The van der Waals surface area contributed by atoms with Crippen LogP contribution in [0.2, 0.25) is 0 Å². The summed E-state index contributed by atoms with van der Waals surface area (Å²) in [5.41, 5.74) is 5.55. The van der Waals surface area contributed by atoms with Crippen LogP contribution in [0.5, 0.6) is 5.75 Å². The highest BCUT2D eigenvalue weighted by atomic mass is 19.1. The summed E-state index contributed by atoms with van der Waals surface area (Å²) in [6, 6.07) is 9.69. The van der Waals surface area contributed by atoms with Crippen molar-refractivity contribution in [3.8, 4) is 5.75 Å². The molecule has 0 fully saturated rings. The molecule has 0 saturated carbocycles. The predicted molar refractivity (Wildman–Crippen MR) is 57.5 cm³/mol. The van der Waals surface area contributed by atoms with Crippen LogP contribution in [0, 0.1) is 5.82 Å². The van der Waals surface area contributed by atoms with Crippen LogP contribution in [0.4, 0.5) is 4.39 Å². The van der Waals surface area contributed by atoms with Gasteiger partial charge in [-0.3, -0.25) is 0 Å². The van der Waals surface area contributed by atoms with Crippen molar-refractivity contribution in [1.29, 1.82) is 0 Å². The summed E-state index contributed by atoms with van der Waals surface area (Å²) in [5, 5.41) is 0. The standard InChI is InChI=1S/C12H12FNO2/c13-9-4-1-2-5-10(9)16-12(8-14)11-6-3-7-15-11/h1-7,12H,8,14H2. The molecule has 16 heavy (non-hydrogen) atoms. The Morgan fingerprint density at radius 2 is 2.06 bits per heavy atom. The van der Waals surface area contributed by atoms with Crippen LogP contribution in [0.3, 0.4) is 0 Å². The zero-order valence-electron chi connectivity index (χ0n) is 8.60. The largest absolute Gasteiger partial charge is 0.478 e. The highest BCUT2D eigenvalue weighted by Gasteiger charge is 2.15. The second-order valence-corrected chi connectivity index (χ2v) is 3.29. The van der Waals surface area contributed by atoms with E-state index >= 15 is 0 Å². The molecular weight excluding hydrogens is 209 g/mol. The third kappa shape index (κ3) is 2.23. The zero-order chi connectivity index (χ0) is 11.4. The molecule has 2 rings (SSSR count). The summed E-state index contributed by atoms with van der Waals surface area (Å²) in [6.07, 6.45) is 1.06. The SMILES string of the molecule is NCC(Oc1ccccc1F)c1ccco1. The molecule has 0 aliphatic heterocycles. The monoisotopic (exact) mass is 221 g/mol. The van der Waals surface area contributed by atoms with Crippen molar-refractivity contribution in [1.82, 2.24) is 0 Å². The first-order valence-corrected chi connectivity index (χ1v) is 4.96. The average molecular weight is 221 g/mol. The molecule has 1 heterocycles. The molecular formula is C12H12FNO2. The smallest absolute Gasteiger partial charge is 0.168 e. The predicted octanol–water partition coefficient (Wildman–Crippen LogP) is 2.50. The number of halogens is 1. The quantitative estimate of drug-likeness (QED) is 0.862. The van der Waals surface area contributed by atoms with Gasteiger partial charge in [0.15, 0.2) is 17.7 Å². The van der Waals surface area contributed by atoms with Crippen LogP contribution in [0.1, 0.15) is 11.9 Å². The normalized spacial score (nSPS) is 12.4. The molecule has 1 atom stereocenters. The summed E-state index contributed by atoms with van der Waals surface area (Å²) in [4.78, 5) is 0. The molecule has 0 aliphatic carbocycles. The summed E-state index contributed by atoms with van der Waals surface area (Å²) in [6.45, 7) is 0.224. The van der Waals surface area contributed by atoms with Crippen molar-refractivity contribution < 1.29 is 13.5 Å². The van der Waals surface area contributed by atoms with E-state index < -0.39 is 11.9 Å². The number of rotatable bonds is 4. The number of benzene rings is 1. The third-order valence-corrected chi connectivity index (χ3v) is 2.18. The van der Waals surface area contributed by atoms with Crippen LogP contribution in [-0.2, 0) is 0 Å². The molecule has 2 aromatic rings. The van der Waals surface area contributed by atoms with E-state index in [0.29, 0.717) is 5.76 Å². The first-order valence-electron chi connectivity index (χ1n) is 4.96. The fraction of sp³-hybridized carbons (Fsp3) is 0.167. The van der Waals surface area contributed by atoms with Crippen molar-refractivity contribution in [3.05, 3.63) is 54.2 Å². The van der Waals surface area contributed by atoms with Gasteiger partial charge >= 0.3 is 0 Å². The highest BCUT2D eigenvalue weighted by Crippen LogP contribution is 2.23. The van der Waals surface area contributed by atoms with E-state index in [0.717, 1.165) is 0 Å². The molecule has 3 nitrogen and oxygen atoms in total. The molecule has 1 aromatic heterocycles. The lowest BCUT2D eigenvalue weighted by Crippen LogP contribution is -2.18. The summed E-state index contributed by atoms with van der Waals surface area (Å²) in [7, 11) is 0. The van der Waals surface area contributed by atoms with Gasteiger partial charge in [0.1, 0.15) is 5.76 Å². The maximum absolute atomic E-state index is 13.3. The molecule has 84 valence electrons. The van der Waals surface area contributed by atoms with Gasteiger partial charge in [0.2, 0.25) is 0 Å². The molecule has 0 radical (unpaired) electrons. The van der Waals surface area contributed by atoms with Gasteiger partial charge in [-0.1, -0.05) is 12.1 Å². The number of furan rings is 1. The zero-order valence-corrected chi connectivity index (χ0v) is 8.60. The van der Waals surface area contributed by atoms with Crippen molar-refractivity contribution in [3.63, 3.8) is 0 Å². The third-order valence-electron chi connectivity index (χ3n) is 2.18. The Morgan fingerprint density at radius 1 is 1.25 bits per heavy atom. The Bertz CT molecular complexity index is 442. The molecule has 4 heteroatoms. The molecule has 1 aromatic carbocycles. The summed E-state index contributed by atoms with van der Waals surface area (Å²) in [5.74, 6) is 0.354. The van der Waals surface area contributed by atoms with Crippen LogP contribution in [-0.4, -0.2) is 6.54 Å². The molecule has 0 spiro atoms. The second kappa shape index (κ2) is 4.81. The van der Waals surface area contributed by atoms with Gasteiger partial charge in [0.25, 0.3) is 0 Å². The minimum absolute atomic E-state index is 0.175. The Hall–Kier alpha value is -1.81. The van der Waals surface area contributed by atoms with Gasteiger partial charge in [-0.25, -0.2) is 4.39 Å². The van der Waals surface area contributed by atoms with Gasteiger partial charge < -0.3 is 14.9 Å². The number of hydrogen-bond donors (Lipinski definition) is 1. The van der Waals surface area contributed by atoms with Crippen molar-refractivity contribution >= 4 is 0 Å². The lowest BCUT2D eigenvalue weighted by molar-refractivity contribution is 0.176. The Balaban J connectivity index is 2.17. The minimum atomic E-state index is -0.466. The van der Waals surface area contributed by atoms with E-state index in [1.54, 1.807) is 30.3 Å². The van der Waals surface area contributed by atoms with Gasteiger partial charge in [-0.05, 0) is 24.3 Å². The van der Waals surface area contributed by atoms with Gasteiger partial charge in [-0.2, -0.15) is 0 Å². The van der Waals surface area contributed by atoms with Crippen LogP contribution in [0.25, 0.3) is 0 Å². The minimum Gasteiger partial charge on any atom is -0.478 e. The Morgan fingerprint density at radius 3 is 2.69 bits per heavy atom. The average Bonchev–Trinajstić information content (AvgIpc) is 2.81. The Labute approximate surface area is 92.6 Å². The van der Waals surface area contributed by atoms with E-state index in [9.17, 15) is 4.39 Å². The molecule has 0 aliphatic rings. The van der Waals surface area contributed by atoms with Crippen molar-refractivity contribution in [2.75, 3.05) is 6.54 Å². The van der Waals surface area contributed by atoms with Gasteiger partial charge in [-0.15, -0.1) is 0 Å². The number of para-hydroxylation sites is 1. The summed E-state index contributed by atoms with van der Waals surface area (Å²) < 4.78 is 23.9. The van der Waals surface area contributed by atoms with Gasteiger partial charge in [0.05, 0.1) is 6.26 Å². The highest BCUT2D eigenvalue weighted by molar-refractivity contribution is 5.24. The number of nitrogens with two attached hydrogens (primary N) is 1. The van der Waals surface area contributed by atoms with Crippen LogP contribution >= 0.6 is 0 Å². The topological polar surface area (TPSA) is 48.4 Å². The maximum atomic E-state index is 13.3. The number of hydrogen-bond acceptors (Lipinski definition) is 3. The van der Waals surface area contributed by atoms with E-state index in [2.05, 4.69) is 0 Å². The van der Waals surface area contributed by atoms with E-state index in [1.807, 2.05) is 0 Å². The second-order valence-electron chi connectivity index (χ2n) is 3.29. The fourth-order valence-electron chi connectivity index (χ4n) is 1.39. The molecule has 0 amide bonds. The molecule has 0 bridgehead atoms. The fourth-order valence-corrected chi connectivity index (χ4v) is 1.39. The Kier molecular flexibility index (Phi) is 3.22. The van der Waals surface area contributed by atoms with E-state index in [-0.39, 0.29) is 12.3 Å².